The summed E-state index contributed by atoms with van der Waals surface area (Å²) in [4.78, 5) is 15.6. The summed E-state index contributed by atoms with van der Waals surface area (Å²) in [6, 6.07) is 49.9. The molecular formula is C53H32N4O. The third-order valence-corrected chi connectivity index (χ3v) is 11.0. The molecule has 0 unspecified atom stereocenters. The van der Waals surface area contributed by atoms with E-state index in [4.69, 9.17) is 24.9 Å². The third kappa shape index (κ3) is 5.14. The van der Waals surface area contributed by atoms with Gasteiger partial charge in [0.1, 0.15) is 11.2 Å². The quantitative estimate of drug-likeness (QED) is 0.176. The van der Waals surface area contributed by atoms with Gasteiger partial charge in [0.25, 0.3) is 0 Å². The van der Waals surface area contributed by atoms with E-state index in [1.165, 1.54) is 12.1 Å². The van der Waals surface area contributed by atoms with Crippen molar-refractivity contribution < 1.29 is 12.6 Å². The fourth-order valence-electron chi connectivity index (χ4n) is 8.22. The van der Waals surface area contributed by atoms with Crippen molar-refractivity contribution in [3.63, 3.8) is 0 Å². The van der Waals surface area contributed by atoms with Gasteiger partial charge in [-0.1, -0.05) is 152 Å². The Morgan fingerprint density at radius 3 is 1.66 bits per heavy atom. The molecule has 3 heterocycles. The predicted molar refractivity (Wildman–Crippen MR) is 238 cm³/mol. The molecule has 12 aromatic rings. The Hall–Kier alpha value is -7.89. The Balaban J connectivity index is 1.21. The molecule has 0 aliphatic heterocycles. The zero-order valence-corrected chi connectivity index (χ0v) is 30.7. The van der Waals surface area contributed by atoms with Crippen LogP contribution in [0, 0.1) is 0 Å². The average Bonchev–Trinajstić information content (AvgIpc) is 3.90. The first-order chi connectivity index (χ1) is 31.2. The van der Waals surface area contributed by atoms with E-state index >= 15 is 0 Å². The van der Waals surface area contributed by atoms with E-state index in [9.17, 15) is 2.74 Å². The number of fused-ring (bicyclic) bond motifs is 8. The van der Waals surface area contributed by atoms with E-state index in [-0.39, 0.29) is 58.1 Å². The van der Waals surface area contributed by atoms with Gasteiger partial charge in [-0.15, -0.1) is 0 Å². The van der Waals surface area contributed by atoms with Crippen LogP contribution < -0.4 is 0 Å². The molecule has 270 valence electrons. The van der Waals surface area contributed by atoms with Crippen LogP contribution in [0.15, 0.2) is 198 Å². The highest BCUT2D eigenvalue weighted by Gasteiger charge is 2.22. The number of furan rings is 1. The first-order valence-corrected chi connectivity index (χ1v) is 19.0. The molecule has 0 aliphatic rings. The standard InChI is InChI=1S/C53H32N4O/c1-3-14-35-30-38(26-24-33(35)12-1)51-54-52(39-27-25-34-13-2-4-15-36(34)31-39)56-53(55-51)45-32-37(40-19-11-20-44-43-18-7-10-23-49(43)58-50(40)44)28-29-48(45)57-46-21-8-5-16-41(46)42-17-6-9-22-47(42)57/h1-32H/i5D,6D,16D,17D,21D,22D. The summed E-state index contributed by atoms with van der Waals surface area (Å²) in [5.41, 5.74) is 6.06. The summed E-state index contributed by atoms with van der Waals surface area (Å²) < 4.78 is 62.3. The molecule has 5 nitrogen and oxygen atoms in total. The second-order valence-electron chi connectivity index (χ2n) is 14.3. The van der Waals surface area contributed by atoms with Crippen LogP contribution in [0.25, 0.3) is 116 Å². The molecule has 58 heavy (non-hydrogen) atoms. The van der Waals surface area contributed by atoms with Gasteiger partial charge < -0.3 is 8.98 Å². The van der Waals surface area contributed by atoms with Crippen molar-refractivity contribution in [1.29, 1.82) is 0 Å². The van der Waals surface area contributed by atoms with Gasteiger partial charge in [0.05, 0.1) is 24.9 Å². The highest BCUT2D eigenvalue weighted by Crippen LogP contribution is 2.41. The summed E-state index contributed by atoms with van der Waals surface area (Å²) >= 11 is 0. The Bertz CT molecular complexity index is 3780. The first-order valence-electron chi connectivity index (χ1n) is 22.0. The van der Waals surface area contributed by atoms with Crippen molar-refractivity contribution >= 4 is 65.3 Å². The van der Waals surface area contributed by atoms with E-state index in [2.05, 4.69) is 36.4 Å². The SMILES string of the molecule is [2H]c1cc([2H])c2c(c1[2H])c1c([2H])c([2H])cc([2H])c1n2-c1ccc(-c2cccc3c2oc2ccccc23)cc1-c1nc(-c2ccc3ccccc3c2)nc(-c2ccc3ccccc3c2)n1. The van der Waals surface area contributed by atoms with Gasteiger partial charge in [-0.05, 0) is 69.5 Å². The minimum absolute atomic E-state index is 0.0658. The van der Waals surface area contributed by atoms with Gasteiger partial charge in [-0.2, -0.15) is 0 Å². The number of benzene rings is 9. The minimum atomic E-state index is -0.194. The molecule has 0 radical (unpaired) electrons. The molecule has 0 amide bonds. The number of para-hydroxylation sites is 4. The maximum absolute atomic E-state index is 9.29. The Morgan fingerprint density at radius 1 is 0.414 bits per heavy atom. The molecule has 0 spiro atoms. The van der Waals surface area contributed by atoms with Gasteiger partial charge >= 0.3 is 0 Å². The molecule has 0 bridgehead atoms. The van der Waals surface area contributed by atoms with Crippen molar-refractivity contribution in [2.45, 2.75) is 0 Å². The minimum Gasteiger partial charge on any atom is -0.455 e. The van der Waals surface area contributed by atoms with Crippen molar-refractivity contribution in [1.82, 2.24) is 19.5 Å². The molecule has 0 saturated heterocycles. The second kappa shape index (κ2) is 12.8. The summed E-state index contributed by atoms with van der Waals surface area (Å²) in [7, 11) is 0. The van der Waals surface area contributed by atoms with Crippen LogP contribution in [0.3, 0.4) is 0 Å². The van der Waals surface area contributed by atoms with Crippen LogP contribution in [-0.4, -0.2) is 19.5 Å². The third-order valence-electron chi connectivity index (χ3n) is 11.0. The van der Waals surface area contributed by atoms with E-state index in [1.807, 2.05) is 109 Å². The van der Waals surface area contributed by atoms with Gasteiger partial charge in [0.15, 0.2) is 17.5 Å². The van der Waals surface area contributed by atoms with Crippen LogP contribution in [0.1, 0.15) is 8.22 Å². The molecular weight excluding hydrogens is 709 g/mol. The van der Waals surface area contributed by atoms with Crippen molar-refractivity contribution in [3.8, 4) is 51.0 Å². The number of hydrogen-bond acceptors (Lipinski definition) is 4. The van der Waals surface area contributed by atoms with Gasteiger partial charge in [-0.25, -0.2) is 15.0 Å². The topological polar surface area (TPSA) is 56.7 Å². The van der Waals surface area contributed by atoms with Crippen LogP contribution in [0.2, 0.25) is 0 Å². The summed E-state index contributed by atoms with van der Waals surface area (Å²) in [6.45, 7) is 0. The molecule has 0 N–H and O–H groups in total. The molecule has 0 fully saturated rings. The normalized spacial score (nSPS) is 13.2. The molecule has 0 aliphatic carbocycles. The van der Waals surface area contributed by atoms with Gasteiger partial charge in [0, 0.05) is 43.8 Å². The lowest BCUT2D eigenvalue weighted by Gasteiger charge is -2.16. The van der Waals surface area contributed by atoms with Crippen LogP contribution in [0.5, 0.6) is 0 Å². The fraction of sp³-hybridized carbons (Fsp3) is 0. The van der Waals surface area contributed by atoms with Crippen LogP contribution in [0.4, 0.5) is 0 Å². The highest BCUT2D eigenvalue weighted by atomic mass is 16.3. The monoisotopic (exact) mass is 746 g/mol. The predicted octanol–water partition coefficient (Wildman–Crippen LogP) is 13.8. The molecule has 5 heteroatoms. The zero-order valence-electron chi connectivity index (χ0n) is 36.7. The number of aromatic nitrogens is 4. The average molecular weight is 747 g/mol. The van der Waals surface area contributed by atoms with Crippen LogP contribution >= 0.6 is 0 Å². The van der Waals surface area contributed by atoms with Crippen molar-refractivity contribution in [2.75, 3.05) is 0 Å². The lowest BCUT2D eigenvalue weighted by molar-refractivity contribution is 0.670. The lowest BCUT2D eigenvalue weighted by atomic mass is 9.98. The zero-order chi connectivity index (χ0) is 43.4. The Morgan fingerprint density at radius 2 is 0.983 bits per heavy atom. The largest absolute Gasteiger partial charge is 0.455 e. The summed E-state index contributed by atoms with van der Waals surface area (Å²) in [6.07, 6.45) is 0. The fourth-order valence-corrected chi connectivity index (χ4v) is 8.22. The number of nitrogens with zero attached hydrogens (tertiary/aromatic N) is 4. The van der Waals surface area contributed by atoms with E-state index < -0.39 is 0 Å². The molecule has 3 aromatic heterocycles. The maximum atomic E-state index is 9.29. The van der Waals surface area contributed by atoms with E-state index in [0.717, 1.165) is 60.2 Å². The van der Waals surface area contributed by atoms with Crippen molar-refractivity contribution in [3.05, 3.63) is 194 Å². The maximum Gasteiger partial charge on any atom is 0.166 e. The smallest absolute Gasteiger partial charge is 0.166 e. The van der Waals surface area contributed by atoms with Crippen LogP contribution in [-0.2, 0) is 0 Å². The second-order valence-corrected chi connectivity index (χ2v) is 14.3. The van der Waals surface area contributed by atoms with Gasteiger partial charge in [0.2, 0.25) is 0 Å². The first kappa shape index (κ1) is 26.8. The number of rotatable bonds is 5. The summed E-state index contributed by atoms with van der Waals surface area (Å²) in [5.74, 6) is 1.16. The highest BCUT2D eigenvalue weighted by molar-refractivity contribution is 6.11. The number of hydrogen-bond donors (Lipinski definition) is 0. The molecule has 0 atom stereocenters. The molecule has 0 saturated carbocycles. The Kier molecular flexibility index (Phi) is 5.94. The Labute approximate surface area is 341 Å². The van der Waals surface area contributed by atoms with E-state index in [0.29, 0.717) is 34.3 Å². The lowest BCUT2D eigenvalue weighted by Crippen LogP contribution is -2.04. The van der Waals surface area contributed by atoms with Gasteiger partial charge in [-0.3, -0.25) is 0 Å². The summed E-state index contributed by atoms with van der Waals surface area (Å²) in [5, 5.41) is 6.45. The molecule has 9 aromatic carbocycles. The van der Waals surface area contributed by atoms with E-state index in [1.54, 1.807) is 4.57 Å². The molecule has 12 rings (SSSR count). The van der Waals surface area contributed by atoms with Crippen molar-refractivity contribution in [2.24, 2.45) is 0 Å².